The number of alkyl halides is 3. The molecular weight excluding hydrogens is 588 g/mol. The van der Waals surface area contributed by atoms with Crippen molar-refractivity contribution in [1.82, 2.24) is 15.2 Å². The molecule has 0 unspecified atom stereocenters. The third-order valence-electron chi connectivity index (χ3n) is 6.44. The summed E-state index contributed by atoms with van der Waals surface area (Å²) < 4.78 is 89.0. The molecule has 214 valence electrons. The Labute approximate surface area is 236 Å². The predicted molar refractivity (Wildman–Crippen MR) is 145 cm³/mol. The van der Waals surface area contributed by atoms with Crippen LogP contribution < -0.4 is 14.7 Å². The molecule has 3 aromatic carbocycles. The van der Waals surface area contributed by atoms with Crippen LogP contribution in [0.2, 0.25) is 5.02 Å². The Balaban J connectivity index is 1.59. The van der Waals surface area contributed by atoms with Gasteiger partial charge >= 0.3 is 17.9 Å². The highest BCUT2D eigenvalue weighted by atomic mass is 35.5. The lowest BCUT2D eigenvalue weighted by molar-refractivity contribution is -0.137. The molecule has 5 rings (SSSR count). The summed E-state index contributed by atoms with van der Waals surface area (Å²) in [6.07, 6.45) is -3.79. The average Bonchev–Trinajstić information content (AvgIpc) is 3.32. The summed E-state index contributed by atoms with van der Waals surface area (Å²) in [6.45, 7) is 1.35. The van der Waals surface area contributed by atoms with Crippen molar-refractivity contribution in [3.63, 3.8) is 0 Å². The third kappa shape index (κ3) is 5.86. The molecule has 0 saturated carbocycles. The van der Waals surface area contributed by atoms with Crippen LogP contribution >= 0.6 is 11.6 Å². The Hall–Kier alpha value is -4.10. The van der Waals surface area contributed by atoms with E-state index in [1.807, 2.05) is 0 Å². The van der Waals surface area contributed by atoms with Crippen molar-refractivity contribution in [3.05, 3.63) is 104 Å². The Bertz CT molecular complexity index is 1800. The molecule has 14 heteroatoms. The number of fused-ring (bicyclic) bond motifs is 1. The van der Waals surface area contributed by atoms with Crippen LogP contribution in [0.3, 0.4) is 0 Å². The quantitative estimate of drug-likeness (QED) is 0.217. The van der Waals surface area contributed by atoms with E-state index in [9.17, 15) is 30.8 Å². The molecule has 1 aromatic heterocycles. The summed E-state index contributed by atoms with van der Waals surface area (Å²) in [5.41, 5.74) is 0.119. The minimum Gasteiger partial charge on any atom is -0.458 e. The summed E-state index contributed by atoms with van der Waals surface area (Å²) in [4.78, 5) is 13.2. The molecular formula is C27H21ClF4N4O4S. The molecule has 0 fully saturated rings. The van der Waals surface area contributed by atoms with Gasteiger partial charge in [0.15, 0.2) is 0 Å². The fourth-order valence-electron chi connectivity index (χ4n) is 4.60. The van der Waals surface area contributed by atoms with Crippen LogP contribution in [0.25, 0.3) is 11.6 Å². The molecule has 0 bridgehead atoms. The number of aromatic nitrogens is 3. The van der Waals surface area contributed by atoms with E-state index in [1.54, 1.807) is 37.3 Å². The Kier molecular flexibility index (Phi) is 7.43. The molecule has 0 saturated heterocycles. The zero-order valence-corrected chi connectivity index (χ0v) is 22.7. The summed E-state index contributed by atoms with van der Waals surface area (Å²) in [6, 6.07) is 12.4. The molecule has 1 aliphatic rings. The molecule has 1 aliphatic heterocycles. The molecule has 4 aromatic rings. The molecule has 8 nitrogen and oxygen atoms in total. The van der Waals surface area contributed by atoms with E-state index in [0.29, 0.717) is 22.8 Å². The van der Waals surface area contributed by atoms with Crippen molar-refractivity contribution in [3.8, 4) is 6.01 Å². The number of ether oxygens (including phenoxy) is 1. The minimum atomic E-state index is -4.76. The fraction of sp³-hybridized carbons (Fsp3) is 0.185. The lowest BCUT2D eigenvalue weighted by atomic mass is 9.97. The van der Waals surface area contributed by atoms with Gasteiger partial charge in [0.25, 0.3) is 10.0 Å². The van der Waals surface area contributed by atoms with E-state index < -0.39 is 44.3 Å². The number of allylic oxidation sites excluding steroid dienone is 1. The molecule has 1 atom stereocenters. The first kappa shape index (κ1) is 28.4. The number of nitrogens with zero attached hydrogens (tertiary/aromatic N) is 2. The van der Waals surface area contributed by atoms with Gasteiger partial charge in [-0.15, -0.1) is 5.10 Å². The van der Waals surface area contributed by atoms with E-state index in [0.717, 1.165) is 22.5 Å². The van der Waals surface area contributed by atoms with E-state index in [4.69, 9.17) is 16.3 Å². The van der Waals surface area contributed by atoms with Crippen LogP contribution in [0.4, 0.5) is 23.2 Å². The van der Waals surface area contributed by atoms with Crippen molar-refractivity contribution in [2.24, 2.45) is 0 Å². The number of hydrogen-bond acceptors (Lipinski definition) is 5. The fourth-order valence-corrected chi connectivity index (χ4v) is 6.48. The van der Waals surface area contributed by atoms with Gasteiger partial charge < -0.3 is 4.74 Å². The van der Waals surface area contributed by atoms with Crippen molar-refractivity contribution in [2.45, 2.75) is 30.5 Å². The maximum Gasteiger partial charge on any atom is 0.416 e. The lowest BCUT2D eigenvalue weighted by Crippen LogP contribution is -2.45. The number of aromatic amines is 2. The molecule has 2 N–H and O–H groups in total. The standard InChI is InChI=1S/C27H21ClF4N4O4S/c1-15(24-21(28)6-3-7-22(24)29)10-16-8-9-17-12-19(40-26-33-25(37)34-35-26)14-36(23(17)11-16)41(38,39)20-5-2-4-18(13-20)27(30,31)32/h2-11,13,19H,12,14H2,1H3,(H2,33,34,35,37)/t19-/m1/s1. The lowest BCUT2D eigenvalue weighted by Gasteiger charge is -2.35. The summed E-state index contributed by atoms with van der Waals surface area (Å²) in [5.74, 6) is -0.533. The second-order valence-corrected chi connectivity index (χ2v) is 11.6. The van der Waals surface area contributed by atoms with E-state index in [2.05, 4.69) is 15.2 Å². The highest BCUT2D eigenvalue weighted by Gasteiger charge is 2.37. The van der Waals surface area contributed by atoms with Crippen LogP contribution in [0.15, 0.2) is 70.4 Å². The van der Waals surface area contributed by atoms with E-state index in [-0.39, 0.29) is 35.2 Å². The molecule has 0 aliphatic carbocycles. The number of rotatable bonds is 6. The summed E-state index contributed by atoms with van der Waals surface area (Å²) >= 11 is 6.19. The zero-order chi connectivity index (χ0) is 29.5. The van der Waals surface area contributed by atoms with Gasteiger partial charge in [-0.1, -0.05) is 41.9 Å². The van der Waals surface area contributed by atoms with Crippen LogP contribution in [-0.4, -0.2) is 36.2 Å². The SMILES string of the molecule is CC(=Cc1ccc2c(c1)N(S(=O)(=O)c1cccc(C(F)(F)F)c1)C[C@H](Oc1n[nH]c(=O)[nH]1)C2)c1c(F)cccc1Cl. The maximum absolute atomic E-state index is 14.5. The smallest absolute Gasteiger partial charge is 0.416 e. The first-order valence-electron chi connectivity index (χ1n) is 12.1. The van der Waals surface area contributed by atoms with Crippen LogP contribution in [0.5, 0.6) is 6.01 Å². The Morgan fingerprint density at radius 2 is 1.90 bits per heavy atom. The molecule has 0 spiro atoms. The number of H-pyrrole nitrogens is 2. The first-order chi connectivity index (χ1) is 19.3. The third-order valence-corrected chi connectivity index (χ3v) is 8.53. The minimum absolute atomic E-state index is 0.170. The van der Waals surface area contributed by atoms with Gasteiger partial charge in [0, 0.05) is 12.0 Å². The highest BCUT2D eigenvalue weighted by molar-refractivity contribution is 7.92. The van der Waals surface area contributed by atoms with Gasteiger partial charge in [0.2, 0.25) is 0 Å². The van der Waals surface area contributed by atoms with Crippen molar-refractivity contribution in [1.29, 1.82) is 0 Å². The Morgan fingerprint density at radius 1 is 1.15 bits per heavy atom. The monoisotopic (exact) mass is 608 g/mol. The topological polar surface area (TPSA) is 108 Å². The van der Waals surface area contributed by atoms with Gasteiger partial charge in [-0.2, -0.15) is 13.2 Å². The summed E-state index contributed by atoms with van der Waals surface area (Å²) in [7, 11) is -4.54. The number of sulfonamides is 1. The average molecular weight is 609 g/mol. The van der Waals surface area contributed by atoms with Gasteiger partial charge in [-0.3, -0.25) is 9.29 Å². The molecule has 0 radical (unpaired) electrons. The largest absolute Gasteiger partial charge is 0.458 e. The van der Waals surface area contributed by atoms with Crippen molar-refractivity contribution < 1.29 is 30.7 Å². The number of hydrogen-bond donors (Lipinski definition) is 2. The van der Waals surface area contributed by atoms with E-state index >= 15 is 0 Å². The van der Waals surface area contributed by atoms with Gasteiger partial charge in [0.05, 0.1) is 27.7 Å². The van der Waals surface area contributed by atoms with Crippen LogP contribution in [0.1, 0.15) is 29.2 Å². The van der Waals surface area contributed by atoms with Crippen LogP contribution in [0, 0.1) is 5.82 Å². The summed E-state index contributed by atoms with van der Waals surface area (Å²) in [5, 5.41) is 6.02. The molecule has 0 amide bonds. The van der Waals surface area contributed by atoms with E-state index in [1.165, 1.54) is 12.1 Å². The van der Waals surface area contributed by atoms with Gasteiger partial charge in [-0.25, -0.2) is 22.7 Å². The number of halogens is 5. The number of anilines is 1. The van der Waals surface area contributed by atoms with Crippen molar-refractivity contribution >= 4 is 39.0 Å². The number of nitrogens with one attached hydrogen (secondary N) is 2. The highest BCUT2D eigenvalue weighted by Crippen LogP contribution is 2.37. The second-order valence-electron chi connectivity index (χ2n) is 9.30. The zero-order valence-electron chi connectivity index (χ0n) is 21.2. The predicted octanol–water partition coefficient (Wildman–Crippen LogP) is 5.67. The van der Waals surface area contributed by atoms with Gasteiger partial charge in [0.1, 0.15) is 11.9 Å². The Morgan fingerprint density at radius 3 is 2.59 bits per heavy atom. The number of benzene rings is 3. The normalized spacial score (nSPS) is 16.0. The van der Waals surface area contributed by atoms with Crippen molar-refractivity contribution in [2.75, 3.05) is 10.8 Å². The van der Waals surface area contributed by atoms with Crippen LogP contribution in [-0.2, 0) is 22.6 Å². The van der Waals surface area contributed by atoms with Gasteiger partial charge in [-0.05, 0) is 60.0 Å². The maximum atomic E-state index is 14.5. The second kappa shape index (κ2) is 10.7. The molecule has 2 heterocycles. The molecule has 41 heavy (non-hydrogen) atoms. The first-order valence-corrected chi connectivity index (χ1v) is 13.9.